The number of carbonyl (C=O) groups is 1. The first-order chi connectivity index (χ1) is 13.7. The van der Waals surface area contributed by atoms with Crippen LogP contribution in [0.2, 0.25) is 0 Å². The van der Waals surface area contributed by atoms with Crippen molar-refractivity contribution < 1.29 is 9.53 Å². The van der Waals surface area contributed by atoms with Crippen LogP contribution >= 0.6 is 24.0 Å². The van der Waals surface area contributed by atoms with Gasteiger partial charge in [-0.3, -0.25) is 9.89 Å². The van der Waals surface area contributed by atoms with Crippen molar-refractivity contribution in [2.24, 2.45) is 4.99 Å². The number of halogens is 1. The van der Waals surface area contributed by atoms with Crippen molar-refractivity contribution in [1.29, 1.82) is 0 Å². The lowest BCUT2D eigenvalue weighted by atomic mass is 10.2. The van der Waals surface area contributed by atoms with Crippen LogP contribution in [0.15, 0.2) is 29.3 Å². The molecule has 0 atom stereocenters. The third-order valence-corrected chi connectivity index (χ3v) is 4.48. The molecule has 0 aliphatic carbocycles. The van der Waals surface area contributed by atoms with E-state index in [-0.39, 0.29) is 36.4 Å². The number of nitrogens with one attached hydrogen (secondary N) is 3. The van der Waals surface area contributed by atoms with E-state index in [4.69, 9.17) is 4.74 Å². The SMILES string of the molecule is CCNC(=NCc1nc(-c2ccc(OC)cc2)n[nH]1)NCC(=O)N1CCCC1.I. The van der Waals surface area contributed by atoms with Crippen LogP contribution in [0.4, 0.5) is 0 Å². The predicted octanol–water partition coefficient (Wildman–Crippen LogP) is 1.78. The number of nitrogens with zero attached hydrogens (tertiary/aromatic N) is 4. The van der Waals surface area contributed by atoms with E-state index in [2.05, 4.69) is 30.8 Å². The summed E-state index contributed by atoms with van der Waals surface area (Å²) in [5.41, 5.74) is 0.897. The fourth-order valence-electron chi connectivity index (χ4n) is 2.97. The van der Waals surface area contributed by atoms with Crippen molar-refractivity contribution in [2.75, 3.05) is 33.3 Å². The topological polar surface area (TPSA) is 108 Å². The minimum Gasteiger partial charge on any atom is -0.497 e. The number of amides is 1. The number of aromatic nitrogens is 3. The van der Waals surface area contributed by atoms with E-state index >= 15 is 0 Å². The van der Waals surface area contributed by atoms with Gasteiger partial charge in [-0.1, -0.05) is 0 Å². The Hall–Kier alpha value is -2.37. The van der Waals surface area contributed by atoms with Gasteiger partial charge in [0.25, 0.3) is 0 Å². The number of aliphatic imine (C=N–C) groups is 1. The van der Waals surface area contributed by atoms with Gasteiger partial charge in [-0.25, -0.2) is 9.98 Å². The Balaban J connectivity index is 0.00000300. The molecule has 1 saturated heterocycles. The first-order valence-corrected chi connectivity index (χ1v) is 9.55. The van der Waals surface area contributed by atoms with E-state index in [1.165, 1.54) is 0 Å². The molecule has 29 heavy (non-hydrogen) atoms. The molecule has 0 bridgehead atoms. The Morgan fingerprint density at radius 2 is 1.97 bits per heavy atom. The summed E-state index contributed by atoms with van der Waals surface area (Å²) in [6.07, 6.45) is 2.17. The molecule has 0 spiro atoms. The molecule has 10 heteroatoms. The summed E-state index contributed by atoms with van der Waals surface area (Å²) >= 11 is 0. The molecule has 0 radical (unpaired) electrons. The Kier molecular flexibility index (Phi) is 9.16. The third kappa shape index (κ3) is 6.58. The van der Waals surface area contributed by atoms with Crippen LogP contribution in [0.1, 0.15) is 25.6 Å². The van der Waals surface area contributed by atoms with Crippen molar-refractivity contribution in [1.82, 2.24) is 30.7 Å². The maximum absolute atomic E-state index is 12.2. The van der Waals surface area contributed by atoms with Crippen molar-refractivity contribution in [3.05, 3.63) is 30.1 Å². The van der Waals surface area contributed by atoms with Gasteiger partial charge in [-0.05, 0) is 44.0 Å². The second-order valence-electron chi connectivity index (χ2n) is 6.47. The first kappa shape index (κ1) is 22.9. The molecule has 2 heterocycles. The number of rotatable bonds is 7. The highest BCUT2D eigenvalue weighted by Gasteiger charge is 2.17. The zero-order valence-corrected chi connectivity index (χ0v) is 19.1. The smallest absolute Gasteiger partial charge is 0.241 e. The maximum atomic E-state index is 12.2. The summed E-state index contributed by atoms with van der Waals surface area (Å²) in [6.45, 7) is 4.95. The Morgan fingerprint density at radius 3 is 2.62 bits per heavy atom. The monoisotopic (exact) mass is 513 g/mol. The Bertz CT molecular complexity index is 801. The quantitative estimate of drug-likeness (QED) is 0.296. The average molecular weight is 513 g/mol. The van der Waals surface area contributed by atoms with Gasteiger partial charge in [-0.2, -0.15) is 5.10 Å². The minimum absolute atomic E-state index is 0. The van der Waals surface area contributed by atoms with E-state index in [1.807, 2.05) is 36.1 Å². The predicted molar refractivity (Wildman–Crippen MR) is 122 cm³/mol. The van der Waals surface area contributed by atoms with Crippen LogP contribution in [0.25, 0.3) is 11.4 Å². The lowest BCUT2D eigenvalue weighted by molar-refractivity contribution is -0.128. The van der Waals surface area contributed by atoms with Crippen LogP contribution in [0, 0.1) is 0 Å². The third-order valence-electron chi connectivity index (χ3n) is 4.48. The Morgan fingerprint density at radius 1 is 1.24 bits per heavy atom. The number of H-pyrrole nitrogens is 1. The summed E-state index contributed by atoms with van der Waals surface area (Å²) < 4.78 is 5.16. The zero-order chi connectivity index (χ0) is 19.8. The van der Waals surface area contributed by atoms with E-state index in [0.717, 1.165) is 37.2 Å². The average Bonchev–Trinajstić information content (AvgIpc) is 3.42. The van der Waals surface area contributed by atoms with Crippen LogP contribution in [0.3, 0.4) is 0 Å². The highest BCUT2D eigenvalue weighted by atomic mass is 127. The van der Waals surface area contributed by atoms with Gasteiger partial charge in [0.15, 0.2) is 11.8 Å². The van der Waals surface area contributed by atoms with Gasteiger partial charge >= 0.3 is 0 Å². The van der Waals surface area contributed by atoms with Crippen LogP contribution < -0.4 is 15.4 Å². The standard InChI is InChI=1S/C19H27N7O2.HI/c1-3-20-19(22-13-17(27)26-10-4-5-11-26)21-12-16-23-18(25-24-16)14-6-8-15(28-2)9-7-14;/h6-9H,3-5,10-13H2,1-2H3,(H2,20,21,22)(H,23,24,25);1H. The van der Waals surface area contributed by atoms with Gasteiger partial charge in [-0.15, -0.1) is 24.0 Å². The molecule has 3 rings (SSSR count). The van der Waals surface area contributed by atoms with Gasteiger partial charge in [0.05, 0.1) is 13.7 Å². The van der Waals surface area contributed by atoms with Gasteiger partial charge in [0.2, 0.25) is 5.91 Å². The lowest BCUT2D eigenvalue weighted by Crippen LogP contribution is -2.44. The van der Waals surface area contributed by atoms with E-state index in [9.17, 15) is 4.79 Å². The molecule has 3 N–H and O–H groups in total. The highest BCUT2D eigenvalue weighted by molar-refractivity contribution is 14.0. The number of ether oxygens (including phenoxy) is 1. The number of carbonyl (C=O) groups excluding carboxylic acids is 1. The molecule has 2 aromatic rings. The second-order valence-corrected chi connectivity index (χ2v) is 6.47. The van der Waals surface area contributed by atoms with Gasteiger partial charge in [0.1, 0.15) is 18.1 Å². The number of likely N-dealkylation sites (tertiary alicyclic amines) is 1. The zero-order valence-electron chi connectivity index (χ0n) is 16.8. The molecular weight excluding hydrogens is 485 g/mol. The molecule has 158 valence electrons. The number of aromatic amines is 1. The highest BCUT2D eigenvalue weighted by Crippen LogP contribution is 2.19. The van der Waals surface area contributed by atoms with Crippen LogP contribution in [-0.4, -0.2) is 65.2 Å². The van der Waals surface area contributed by atoms with E-state index in [0.29, 0.717) is 30.7 Å². The molecule has 1 amide bonds. The molecule has 9 nitrogen and oxygen atoms in total. The van der Waals surface area contributed by atoms with Crippen molar-refractivity contribution >= 4 is 35.8 Å². The molecule has 1 aromatic heterocycles. The van der Waals surface area contributed by atoms with Crippen LogP contribution in [-0.2, 0) is 11.3 Å². The number of hydrogen-bond donors (Lipinski definition) is 3. The molecule has 1 aromatic carbocycles. The Labute approximate surface area is 187 Å². The summed E-state index contributed by atoms with van der Waals surface area (Å²) in [7, 11) is 1.63. The molecular formula is C19H28IN7O2. The number of hydrogen-bond acceptors (Lipinski definition) is 5. The second kappa shape index (κ2) is 11.6. The molecule has 1 aliphatic heterocycles. The van der Waals surface area contributed by atoms with E-state index < -0.39 is 0 Å². The number of benzene rings is 1. The van der Waals surface area contributed by atoms with Gasteiger partial charge in [0, 0.05) is 25.2 Å². The number of methoxy groups -OCH3 is 1. The summed E-state index contributed by atoms with van der Waals surface area (Å²) in [4.78, 5) is 23.0. The summed E-state index contributed by atoms with van der Waals surface area (Å²) in [5.74, 6) is 2.72. The molecule has 1 aliphatic rings. The van der Waals surface area contributed by atoms with Crippen LogP contribution in [0.5, 0.6) is 5.75 Å². The lowest BCUT2D eigenvalue weighted by Gasteiger charge is -2.17. The van der Waals surface area contributed by atoms with Crippen molar-refractivity contribution in [2.45, 2.75) is 26.3 Å². The van der Waals surface area contributed by atoms with Crippen molar-refractivity contribution in [3.8, 4) is 17.1 Å². The largest absolute Gasteiger partial charge is 0.497 e. The molecule has 1 fully saturated rings. The normalized spacial score (nSPS) is 13.7. The summed E-state index contributed by atoms with van der Waals surface area (Å²) in [6, 6.07) is 7.55. The molecule has 0 saturated carbocycles. The fraction of sp³-hybridized carbons (Fsp3) is 0.474. The molecule has 0 unspecified atom stereocenters. The minimum atomic E-state index is 0. The number of guanidine groups is 1. The fourth-order valence-corrected chi connectivity index (χ4v) is 2.97. The first-order valence-electron chi connectivity index (χ1n) is 9.55. The van der Waals surface area contributed by atoms with E-state index in [1.54, 1.807) is 7.11 Å². The van der Waals surface area contributed by atoms with Crippen molar-refractivity contribution in [3.63, 3.8) is 0 Å². The maximum Gasteiger partial charge on any atom is 0.241 e. The van der Waals surface area contributed by atoms with Gasteiger partial charge < -0.3 is 20.3 Å². The summed E-state index contributed by atoms with van der Waals surface area (Å²) in [5, 5.41) is 13.4.